The standard InChI is InChI=1S/C19H20F4N4O4/c1-7-4-26(6-10(20)25-7)15-12(21)13(24)11-14(17(15)31-19(22)23)27(8-2-3-8)5-9(16(11)28)18(29)30/h5,7-8,10,19,25H,2-4,6,24H2,1H3,(H,29,30). The van der Waals surface area contributed by atoms with Gasteiger partial charge in [-0.1, -0.05) is 0 Å². The Morgan fingerprint density at radius 2 is 2.03 bits per heavy atom. The van der Waals surface area contributed by atoms with Gasteiger partial charge >= 0.3 is 12.6 Å². The monoisotopic (exact) mass is 444 g/mol. The van der Waals surface area contributed by atoms with E-state index in [1.54, 1.807) is 6.92 Å². The summed E-state index contributed by atoms with van der Waals surface area (Å²) in [6.07, 6.45) is 0.645. The number of carbonyl (C=O) groups is 1. The molecule has 1 saturated carbocycles. The Morgan fingerprint density at radius 1 is 1.35 bits per heavy atom. The van der Waals surface area contributed by atoms with Crippen molar-refractivity contribution in [1.82, 2.24) is 9.88 Å². The van der Waals surface area contributed by atoms with E-state index in [9.17, 15) is 27.9 Å². The van der Waals surface area contributed by atoms with Gasteiger partial charge in [0.1, 0.15) is 11.3 Å². The quantitative estimate of drug-likeness (QED) is 0.369. The van der Waals surface area contributed by atoms with Crippen LogP contribution in [-0.4, -0.2) is 47.7 Å². The summed E-state index contributed by atoms with van der Waals surface area (Å²) in [5.41, 5.74) is 2.70. The van der Waals surface area contributed by atoms with Gasteiger partial charge < -0.3 is 25.0 Å². The number of rotatable bonds is 5. The molecule has 2 atom stereocenters. The van der Waals surface area contributed by atoms with Gasteiger partial charge in [-0.05, 0) is 19.8 Å². The van der Waals surface area contributed by atoms with Crippen LogP contribution < -0.4 is 26.1 Å². The van der Waals surface area contributed by atoms with Crippen LogP contribution in [0.5, 0.6) is 5.75 Å². The predicted octanol–water partition coefficient (Wildman–Crippen LogP) is 2.45. The maximum atomic E-state index is 15.4. The maximum absolute atomic E-state index is 15.4. The molecule has 1 aliphatic heterocycles. The Balaban J connectivity index is 2.11. The molecule has 0 amide bonds. The molecule has 0 radical (unpaired) electrons. The molecular formula is C19H20F4N4O4. The number of halogens is 4. The zero-order chi connectivity index (χ0) is 22.6. The molecule has 1 aromatic heterocycles. The highest BCUT2D eigenvalue weighted by Crippen LogP contribution is 2.46. The number of carboxylic acids is 1. The number of piperazine rings is 1. The van der Waals surface area contributed by atoms with Crippen LogP contribution in [-0.2, 0) is 0 Å². The van der Waals surface area contributed by atoms with E-state index < -0.39 is 64.2 Å². The number of alkyl halides is 3. The summed E-state index contributed by atoms with van der Waals surface area (Å²) in [4.78, 5) is 25.5. The minimum Gasteiger partial charge on any atom is -0.477 e. The summed E-state index contributed by atoms with van der Waals surface area (Å²) in [6.45, 7) is -2.06. The van der Waals surface area contributed by atoms with E-state index in [4.69, 9.17) is 5.73 Å². The molecule has 2 fully saturated rings. The van der Waals surface area contributed by atoms with Crippen molar-refractivity contribution in [2.45, 2.75) is 44.8 Å². The van der Waals surface area contributed by atoms with Crippen LogP contribution in [0.2, 0.25) is 0 Å². The Kier molecular flexibility index (Phi) is 5.20. The number of carboxylic acid groups (broad SMARTS) is 1. The van der Waals surface area contributed by atoms with Crippen LogP contribution in [0, 0.1) is 5.82 Å². The SMILES string of the molecule is CC1CN(c2c(F)c(N)c3c(=O)c(C(=O)O)cn(C4CC4)c3c2OC(F)F)CC(F)N1. The highest BCUT2D eigenvalue weighted by Gasteiger charge is 2.36. The van der Waals surface area contributed by atoms with E-state index in [1.165, 1.54) is 9.47 Å². The number of fused-ring (bicyclic) bond motifs is 1. The van der Waals surface area contributed by atoms with Crippen molar-refractivity contribution in [1.29, 1.82) is 0 Å². The summed E-state index contributed by atoms with van der Waals surface area (Å²) in [5.74, 6) is -3.47. The van der Waals surface area contributed by atoms with Gasteiger partial charge in [-0.25, -0.2) is 13.6 Å². The molecule has 168 valence electrons. The van der Waals surface area contributed by atoms with Crippen LogP contribution >= 0.6 is 0 Å². The second kappa shape index (κ2) is 7.59. The molecule has 12 heteroatoms. The maximum Gasteiger partial charge on any atom is 0.387 e. The zero-order valence-corrected chi connectivity index (χ0v) is 16.4. The summed E-state index contributed by atoms with van der Waals surface area (Å²) in [6, 6.07) is -0.741. The van der Waals surface area contributed by atoms with Crippen LogP contribution in [0.1, 0.15) is 36.2 Å². The highest BCUT2D eigenvalue weighted by molar-refractivity contribution is 6.03. The number of hydrogen-bond acceptors (Lipinski definition) is 6. The van der Waals surface area contributed by atoms with Gasteiger partial charge in [0, 0.05) is 24.8 Å². The largest absolute Gasteiger partial charge is 0.477 e. The zero-order valence-electron chi connectivity index (χ0n) is 16.4. The smallest absolute Gasteiger partial charge is 0.387 e. The van der Waals surface area contributed by atoms with Crippen molar-refractivity contribution in [2.75, 3.05) is 23.7 Å². The van der Waals surface area contributed by atoms with Gasteiger partial charge in [0.05, 0.1) is 23.1 Å². The number of aromatic carboxylic acids is 1. The third-order valence-corrected chi connectivity index (χ3v) is 5.41. The first-order chi connectivity index (χ1) is 14.6. The molecule has 1 saturated heterocycles. The van der Waals surface area contributed by atoms with Gasteiger partial charge in [0.15, 0.2) is 17.9 Å². The van der Waals surface area contributed by atoms with E-state index in [1.807, 2.05) is 0 Å². The molecule has 31 heavy (non-hydrogen) atoms. The fourth-order valence-electron chi connectivity index (χ4n) is 4.03. The van der Waals surface area contributed by atoms with Crippen molar-refractivity contribution in [3.8, 4) is 5.75 Å². The molecule has 4 N–H and O–H groups in total. The number of hydrogen-bond donors (Lipinski definition) is 3. The Bertz CT molecular complexity index is 1110. The molecule has 2 heterocycles. The molecular weight excluding hydrogens is 424 g/mol. The average Bonchev–Trinajstić information content (AvgIpc) is 3.49. The molecule has 8 nitrogen and oxygen atoms in total. The molecule has 1 aliphatic carbocycles. The van der Waals surface area contributed by atoms with E-state index in [2.05, 4.69) is 10.1 Å². The number of pyridine rings is 1. The number of aromatic nitrogens is 1. The van der Waals surface area contributed by atoms with Crippen molar-refractivity contribution < 1.29 is 32.2 Å². The minimum absolute atomic E-state index is 0.0583. The molecule has 2 aliphatic rings. The van der Waals surface area contributed by atoms with E-state index in [-0.39, 0.29) is 24.6 Å². The fraction of sp³-hybridized carbons (Fsp3) is 0.474. The lowest BCUT2D eigenvalue weighted by Gasteiger charge is -2.37. The van der Waals surface area contributed by atoms with Crippen LogP contribution in [0.15, 0.2) is 11.0 Å². The minimum atomic E-state index is -3.38. The van der Waals surface area contributed by atoms with Gasteiger partial charge in [0.2, 0.25) is 5.43 Å². The number of nitrogen functional groups attached to an aromatic ring is 1. The van der Waals surface area contributed by atoms with E-state index >= 15 is 4.39 Å². The summed E-state index contributed by atoms with van der Waals surface area (Å²) >= 11 is 0. The van der Waals surface area contributed by atoms with Crippen LogP contribution in [0.25, 0.3) is 10.9 Å². The third-order valence-electron chi connectivity index (χ3n) is 5.41. The van der Waals surface area contributed by atoms with Gasteiger partial charge in [-0.3, -0.25) is 10.1 Å². The lowest BCUT2D eigenvalue weighted by atomic mass is 10.0. The number of nitrogens with one attached hydrogen (secondary N) is 1. The van der Waals surface area contributed by atoms with Gasteiger partial charge in [-0.15, -0.1) is 0 Å². The second-order valence-corrected chi connectivity index (χ2v) is 7.76. The highest BCUT2D eigenvalue weighted by atomic mass is 19.3. The fourth-order valence-corrected chi connectivity index (χ4v) is 4.03. The number of benzene rings is 1. The first kappa shape index (κ1) is 21.2. The Hall–Kier alpha value is -3.02. The molecule has 4 rings (SSSR count). The Labute approximate surface area is 173 Å². The van der Waals surface area contributed by atoms with Crippen molar-refractivity contribution in [3.05, 3.63) is 27.8 Å². The number of nitrogens with zero attached hydrogens (tertiary/aromatic N) is 2. The third kappa shape index (κ3) is 3.64. The van der Waals surface area contributed by atoms with Crippen molar-refractivity contribution >= 4 is 28.2 Å². The first-order valence-electron chi connectivity index (χ1n) is 9.63. The molecule has 0 bridgehead atoms. The molecule has 2 unspecified atom stereocenters. The normalized spacial score (nSPS) is 21.7. The lowest BCUT2D eigenvalue weighted by Crippen LogP contribution is -2.54. The van der Waals surface area contributed by atoms with Gasteiger partial charge in [0.25, 0.3) is 0 Å². The average molecular weight is 444 g/mol. The molecule has 1 aromatic carbocycles. The van der Waals surface area contributed by atoms with Gasteiger partial charge in [-0.2, -0.15) is 8.78 Å². The van der Waals surface area contributed by atoms with Crippen molar-refractivity contribution in [3.63, 3.8) is 0 Å². The molecule has 2 aromatic rings. The number of ether oxygens (including phenoxy) is 1. The first-order valence-corrected chi connectivity index (χ1v) is 9.63. The van der Waals surface area contributed by atoms with E-state index in [0.29, 0.717) is 12.8 Å². The van der Waals surface area contributed by atoms with Crippen LogP contribution in [0.3, 0.4) is 0 Å². The number of nitrogens with two attached hydrogens (primary N) is 1. The lowest BCUT2D eigenvalue weighted by molar-refractivity contribution is -0.0488. The number of anilines is 2. The topological polar surface area (TPSA) is 110 Å². The summed E-state index contributed by atoms with van der Waals surface area (Å²) < 4.78 is 62.3. The van der Waals surface area contributed by atoms with Crippen LogP contribution in [0.4, 0.5) is 28.9 Å². The summed E-state index contributed by atoms with van der Waals surface area (Å²) in [5, 5.41) is 11.4. The van der Waals surface area contributed by atoms with E-state index in [0.717, 1.165) is 6.20 Å². The van der Waals surface area contributed by atoms with Crippen molar-refractivity contribution in [2.24, 2.45) is 0 Å². The molecule has 0 spiro atoms. The second-order valence-electron chi connectivity index (χ2n) is 7.76. The predicted molar refractivity (Wildman–Crippen MR) is 104 cm³/mol. The Morgan fingerprint density at radius 3 is 2.58 bits per heavy atom. The summed E-state index contributed by atoms with van der Waals surface area (Å²) in [7, 11) is 0.